The van der Waals surface area contributed by atoms with Gasteiger partial charge in [-0.2, -0.15) is 0 Å². The second-order valence-corrected chi connectivity index (χ2v) is 4.45. The molecule has 0 radical (unpaired) electrons. The third-order valence-electron chi connectivity index (χ3n) is 2.84. The van der Waals surface area contributed by atoms with E-state index < -0.39 is 0 Å². The first-order valence-electron chi connectivity index (χ1n) is 5.55. The molecule has 0 fully saturated rings. The predicted molar refractivity (Wildman–Crippen MR) is 67.0 cm³/mol. The molecule has 1 aromatic carbocycles. The van der Waals surface area contributed by atoms with Crippen LogP contribution in [0.2, 0.25) is 0 Å². The van der Waals surface area contributed by atoms with E-state index in [1.165, 1.54) is 0 Å². The number of rotatable bonds is 3. The van der Waals surface area contributed by atoms with Gasteiger partial charge in [-0.25, -0.2) is 0 Å². The number of nitrogen functional groups attached to an aromatic ring is 1. The minimum absolute atomic E-state index is 0.0154. The van der Waals surface area contributed by atoms with Crippen LogP contribution < -0.4 is 11.1 Å². The fourth-order valence-corrected chi connectivity index (χ4v) is 1.56. The maximum absolute atomic E-state index is 11.5. The van der Waals surface area contributed by atoms with Crippen LogP contribution in [0, 0.1) is 19.8 Å². The molecule has 16 heavy (non-hydrogen) atoms. The van der Waals surface area contributed by atoms with Crippen molar-refractivity contribution in [3.63, 3.8) is 0 Å². The van der Waals surface area contributed by atoms with E-state index in [4.69, 9.17) is 5.73 Å². The van der Waals surface area contributed by atoms with Crippen LogP contribution in [0.1, 0.15) is 30.5 Å². The highest BCUT2D eigenvalue weighted by molar-refractivity contribution is 5.77. The van der Waals surface area contributed by atoms with Crippen molar-refractivity contribution >= 4 is 11.6 Å². The van der Waals surface area contributed by atoms with Gasteiger partial charge in [0.1, 0.15) is 0 Å². The lowest BCUT2D eigenvalue weighted by Crippen LogP contribution is -2.27. The minimum Gasteiger partial charge on any atom is -0.399 e. The Bertz CT molecular complexity index is 397. The highest BCUT2D eigenvalue weighted by Crippen LogP contribution is 2.19. The molecule has 3 heteroatoms. The monoisotopic (exact) mass is 220 g/mol. The number of nitrogens with one attached hydrogen (secondary N) is 1. The lowest BCUT2D eigenvalue weighted by atomic mass is 10.0. The van der Waals surface area contributed by atoms with Crippen molar-refractivity contribution in [1.29, 1.82) is 0 Å². The van der Waals surface area contributed by atoms with Crippen molar-refractivity contribution in [3.8, 4) is 0 Å². The second-order valence-electron chi connectivity index (χ2n) is 4.45. The standard InChI is InChI=1S/C13H20N2O/c1-8(2)13(16)15-7-11-9(3)5-6-12(14)10(11)4/h5-6,8H,7,14H2,1-4H3,(H,15,16). The Morgan fingerprint density at radius 1 is 1.38 bits per heavy atom. The zero-order valence-electron chi connectivity index (χ0n) is 10.4. The summed E-state index contributed by atoms with van der Waals surface area (Å²) in [6.07, 6.45) is 0. The number of hydrogen-bond acceptors (Lipinski definition) is 2. The fourth-order valence-electron chi connectivity index (χ4n) is 1.56. The van der Waals surface area contributed by atoms with Gasteiger partial charge in [-0.05, 0) is 36.6 Å². The molecule has 0 saturated carbocycles. The molecule has 0 unspecified atom stereocenters. The van der Waals surface area contributed by atoms with E-state index in [1.807, 2.05) is 39.8 Å². The molecule has 0 aromatic heterocycles. The van der Waals surface area contributed by atoms with E-state index in [0.717, 1.165) is 22.4 Å². The van der Waals surface area contributed by atoms with Crippen molar-refractivity contribution in [2.24, 2.45) is 5.92 Å². The van der Waals surface area contributed by atoms with Crippen LogP contribution in [-0.2, 0) is 11.3 Å². The molecule has 3 N–H and O–H groups in total. The summed E-state index contributed by atoms with van der Waals surface area (Å²) >= 11 is 0. The molecule has 0 bridgehead atoms. The van der Waals surface area contributed by atoms with E-state index >= 15 is 0 Å². The molecule has 0 aliphatic heterocycles. The molecular formula is C13H20N2O. The molecule has 0 heterocycles. The Hall–Kier alpha value is -1.51. The van der Waals surface area contributed by atoms with Crippen molar-refractivity contribution in [3.05, 3.63) is 28.8 Å². The number of hydrogen-bond donors (Lipinski definition) is 2. The van der Waals surface area contributed by atoms with Crippen molar-refractivity contribution in [1.82, 2.24) is 5.32 Å². The zero-order chi connectivity index (χ0) is 12.3. The number of carbonyl (C=O) groups excluding carboxylic acids is 1. The Morgan fingerprint density at radius 3 is 2.56 bits per heavy atom. The van der Waals surface area contributed by atoms with Gasteiger partial charge in [0, 0.05) is 18.2 Å². The van der Waals surface area contributed by atoms with Crippen molar-refractivity contribution < 1.29 is 4.79 Å². The lowest BCUT2D eigenvalue weighted by molar-refractivity contribution is -0.124. The zero-order valence-corrected chi connectivity index (χ0v) is 10.4. The number of nitrogens with two attached hydrogens (primary N) is 1. The topological polar surface area (TPSA) is 55.1 Å². The molecule has 1 rings (SSSR count). The second kappa shape index (κ2) is 5.01. The molecule has 0 spiro atoms. The normalized spacial score (nSPS) is 10.6. The van der Waals surface area contributed by atoms with Gasteiger partial charge in [0.15, 0.2) is 0 Å². The minimum atomic E-state index is 0.0154. The molecule has 1 aromatic rings. The van der Waals surface area contributed by atoms with Gasteiger partial charge < -0.3 is 11.1 Å². The summed E-state index contributed by atoms with van der Waals surface area (Å²) in [6, 6.07) is 3.89. The fraction of sp³-hybridized carbons (Fsp3) is 0.462. The Balaban J connectivity index is 2.82. The van der Waals surface area contributed by atoms with Crippen LogP contribution in [0.4, 0.5) is 5.69 Å². The van der Waals surface area contributed by atoms with Crippen LogP contribution >= 0.6 is 0 Å². The first kappa shape index (κ1) is 12.6. The van der Waals surface area contributed by atoms with Crippen LogP contribution in [0.5, 0.6) is 0 Å². The molecule has 1 amide bonds. The molecule has 0 saturated heterocycles. The first-order chi connectivity index (χ1) is 7.43. The summed E-state index contributed by atoms with van der Waals surface area (Å²) in [5, 5.41) is 2.91. The molecule has 0 atom stereocenters. The highest BCUT2D eigenvalue weighted by atomic mass is 16.1. The SMILES string of the molecule is Cc1ccc(N)c(C)c1CNC(=O)C(C)C. The maximum Gasteiger partial charge on any atom is 0.222 e. The summed E-state index contributed by atoms with van der Waals surface area (Å²) in [6.45, 7) is 8.34. The largest absolute Gasteiger partial charge is 0.399 e. The van der Waals surface area contributed by atoms with Crippen LogP contribution in [0.15, 0.2) is 12.1 Å². The van der Waals surface area contributed by atoms with E-state index in [1.54, 1.807) is 0 Å². The van der Waals surface area contributed by atoms with Gasteiger partial charge in [-0.15, -0.1) is 0 Å². The van der Waals surface area contributed by atoms with Gasteiger partial charge in [-0.3, -0.25) is 4.79 Å². The van der Waals surface area contributed by atoms with Crippen molar-refractivity contribution in [2.75, 3.05) is 5.73 Å². The molecule has 0 aliphatic rings. The smallest absolute Gasteiger partial charge is 0.222 e. The summed E-state index contributed by atoms with van der Waals surface area (Å²) in [5.41, 5.74) is 9.96. The van der Waals surface area contributed by atoms with E-state index in [9.17, 15) is 4.79 Å². The van der Waals surface area contributed by atoms with Gasteiger partial charge in [-0.1, -0.05) is 19.9 Å². The third kappa shape index (κ3) is 2.75. The lowest BCUT2D eigenvalue weighted by Gasteiger charge is -2.14. The Kier molecular flexibility index (Phi) is 3.93. The molecule has 88 valence electrons. The summed E-state index contributed by atoms with van der Waals surface area (Å²) < 4.78 is 0. The quantitative estimate of drug-likeness (QED) is 0.767. The highest BCUT2D eigenvalue weighted by Gasteiger charge is 2.09. The van der Waals surface area contributed by atoms with E-state index in [2.05, 4.69) is 5.32 Å². The predicted octanol–water partition coefficient (Wildman–Crippen LogP) is 2.16. The van der Waals surface area contributed by atoms with Gasteiger partial charge in [0.2, 0.25) is 5.91 Å². The summed E-state index contributed by atoms with van der Waals surface area (Å²) in [4.78, 5) is 11.5. The number of aryl methyl sites for hydroxylation is 1. The Morgan fingerprint density at radius 2 is 2.00 bits per heavy atom. The molecule has 3 nitrogen and oxygen atoms in total. The summed E-state index contributed by atoms with van der Waals surface area (Å²) in [5.74, 6) is 0.0860. The van der Waals surface area contributed by atoms with Crippen LogP contribution in [0.3, 0.4) is 0 Å². The van der Waals surface area contributed by atoms with Gasteiger partial charge in [0.25, 0.3) is 0 Å². The number of amides is 1. The number of benzene rings is 1. The first-order valence-corrected chi connectivity index (χ1v) is 5.55. The number of carbonyl (C=O) groups is 1. The van der Waals surface area contributed by atoms with Gasteiger partial charge in [0.05, 0.1) is 0 Å². The third-order valence-corrected chi connectivity index (χ3v) is 2.84. The van der Waals surface area contributed by atoms with Crippen LogP contribution in [-0.4, -0.2) is 5.91 Å². The van der Waals surface area contributed by atoms with E-state index in [0.29, 0.717) is 6.54 Å². The van der Waals surface area contributed by atoms with Crippen molar-refractivity contribution in [2.45, 2.75) is 34.2 Å². The van der Waals surface area contributed by atoms with E-state index in [-0.39, 0.29) is 11.8 Å². The van der Waals surface area contributed by atoms with Crippen LogP contribution in [0.25, 0.3) is 0 Å². The Labute approximate surface area is 97.0 Å². The average molecular weight is 220 g/mol. The average Bonchev–Trinajstić information content (AvgIpc) is 2.23. The maximum atomic E-state index is 11.5. The van der Waals surface area contributed by atoms with Gasteiger partial charge >= 0.3 is 0 Å². The number of anilines is 1. The molecular weight excluding hydrogens is 200 g/mol. The summed E-state index contributed by atoms with van der Waals surface area (Å²) in [7, 11) is 0. The molecule has 0 aliphatic carbocycles.